The largest absolute Gasteiger partial charge is 0.360 e. The van der Waals surface area contributed by atoms with E-state index in [4.69, 9.17) is 16.9 Å². The van der Waals surface area contributed by atoms with Crippen molar-refractivity contribution >= 4 is 22.5 Å². The van der Waals surface area contributed by atoms with Crippen molar-refractivity contribution in [3.63, 3.8) is 0 Å². The third-order valence-electron chi connectivity index (χ3n) is 1.96. The second-order valence-corrected chi connectivity index (χ2v) is 3.27. The normalized spacial score (nSPS) is 10.0. The molecule has 14 heavy (non-hydrogen) atoms. The zero-order valence-electron chi connectivity index (χ0n) is 7.04. The van der Waals surface area contributed by atoms with E-state index in [1.807, 2.05) is 6.07 Å². The van der Waals surface area contributed by atoms with Gasteiger partial charge in [-0.15, -0.1) is 0 Å². The number of benzene rings is 1. The Labute approximate surface area is 84.6 Å². The van der Waals surface area contributed by atoms with Crippen LogP contribution >= 0.6 is 11.6 Å². The second-order valence-electron chi connectivity index (χ2n) is 2.83. The fraction of sp³-hybridized carbons (Fsp3) is 0. The van der Waals surface area contributed by atoms with Crippen LogP contribution in [-0.2, 0) is 0 Å². The summed E-state index contributed by atoms with van der Waals surface area (Å²) in [4.78, 5) is 14.4. The van der Waals surface area contributed by atoms with Crippen molar-refractivity contribution in [2.75, 3.05) is 0 Å². The van der Waals surface area contributed by atoms with Gasteiger partial charge in [0.1, 0.15) is 11.6 Å². The molecule has 1 heterocycles. The third kappa shape index (κ3) is 1.26. The van der Waals surface area contributed by atoms with E-state index >= 15 is 0 Å². The first-order valence-electron chi connectivity index (χ1n) is 3.93. The summed E-state index contributed by atoms with van der Waals surface area (Å²) >= 11 is 5.76. The van der Waals surface area contributed by atoms with E-state index in [2.05, 4.69) is 4.98 Å². The van der Waals surface area contributed by atoms with Crippen LogP contribution in [0.2, 0.25) is 5.02 Å². The highest BCUT2D eigenvalue weighted by molar-refractivity contribution is 6.31. The SMILES string of the molecule is N#Cc1c[nH]c2cc(Cl)ccc2c1=O. The molecule has 0 bridgehead atoms. The van der Waals surface area contributed by atoms with E-state index in [1.54, 1.807) is 18.2 Å². The number of aromatic nitrogens is 1. The Bertz CT molecular complexity index is 595. The molecule has 0 atom stereocenters. The first kappa shape index (κ1) is 8.79. The summed E-state index contributed by atoms with van der Waals surface area (Å²) in [6.07, 6.45) is 1.39. The van der Waals surface area contributed by atoms with Crippen molar-refractivity contribution in [3.8, 4) is 6.07 Å². The smallest absolute Gasteiger partial charge is 0.207 e. The molecular weight excluding hydrogens is 200 g/mol. The van der Waals surface area contributed by atoms with Crippen molar-refractivity contribution in [3.05, 3.63) is 45.2 Å². The van der Waals surface area contributed by atoms with Crippen LogP contribution in [0.5, 0.6) is 0 Å². The van der Waals surface area contributed by atoms with Crippen LogP contribution in [0.15, 0.2) is 29.2 Å². The number of nitriles is 1. The minimum Gasteiger partial charge on any atom is -0.360 e. The van der Waals surface area contributed by atoms with Crippen molar-refractivity contribution in [2.24, 2.45) is 0 Å². The molecule has 0 aliphatic heterocycles. The van der Waals surface area contributed by atoms with Crippen molar-refractivity contribution in [2.45, 2.75) is 0 Å². The van der Waals surface area contributed by atoms with Gasteiger partial charge in [-0.05, 0) is 18.2 Å². The number of halogens is 1. The molecule has 0 aliphatic carbocycles. The van der Waals surface area contributed by atoms with Crippen molar-refractivity contribution < 1.29 is 0 Å². The molecule has 0 aliphatic rings. The molecule has 4 heteroatoms. The highest BCUT2D eigenvalue weighted by Crippen LogP contribution is 2.14. The zero-order valence-corrected chi connectivity index (χ0v) is 7.80. The topological polar surface area (TPSA) is 56.6 Å². The van der Waals surface area contributed by atoms with E-state index in [1.165, 1.54) is 6.20 Å². The number of fused-ring (bicyclic) bond motifs is 1. The molecule has 1 aromatic heterocycles. The van der Waals surface area contributed by atoms with E-state index in [0.29, 0.717) is 15.9 Å². The molecule has 0 saturated heterocycles. The number of rotatable bonds is 0. The van der Waals surface area contributed by atoms with Gasteiger partial charge in [0.15, 0.2) is 0 Å². The summed E-state index contributed by atoms with van der Waals surface area (Å²) in [5, 5.41) is 9.67. The van der Waals surface area contributed by atoms with Gasteiger partial charge in [-0.3, -0.25) is 4.79 Å². The fourth-order valence-electron chi connectivity index (χ4n) is 1.28. The summed E-state index contributed by atoms with van der Waals surface area (Å²) in [5.74, 6) is 0. The molecule has 0 fully saturated rings. The molecule has 3 nitrogen and oxygen atoms in total. The molecule has 68 valence electrons. The Kier molecular flexibility index (Phi) is 1.99. The van der Waals surface area contributed by atoms with Gasteiger partial charge in [0.25, 0.3) is 0 Å². The molecule has 0 amide bonds. The molecule has 2 rings (SSSR count). The Balaban J connectivity index is 2.93. The van der Waals surface area contributed by atoms with Gasteiger partial charge < -0.3 is 4.98 Å². The third-order valence-corrected chi connectivity index (χ3v) is 2.20. The Hall–Kier alpha value is -1.79. The van der Waals surface area contributed by atoms with E-state index in [-0.39, 0.29) is 11.0 Å². The lowest BCUT2D eigenvalue weighted by Gasteiger charge is -1.97. The second kappa shape index (κ2) is 3.17. The number of hydrogen-bond acceptors (Lipinski definition) is 2. The number of pyridine rings is 1. The van der Waals surface area contributed by atoms with Gasteiger partial charge in [-0.25, -0.2) is 0 Å². The molecule has 1 N–H and O–H groups in total. The monoisotopic (exact) mass is 204 g/mol. The fourth-order valence-corrected chi connectivity index (χ4v) is 1.45. The van der Waals surface area contributed by atoms with Crippen LogP contribution in [0.3, 0.4) is 0 Å². The summed E-state index contributed by atoms with van der Waals surface area (Å²) < 4.78 is 0. The number of H-pyrrole nitrogens is 1. The number of aromatic amines is 1. The Morgan fingerprint density at radius 3 is 2.93 bits per heavy atom. The van der Waals surface area contributed by atoms with Crippen LogP contribution in [0.4, 0.5) is 0 Å². The van der Waals surface area contributed by atoms with Gasteiger partial charge >= 0.3 is 0 Å². The van der Waals surface area contributed by atoms with Crippen molar-refractivity contribution in [1.82, 2.24) is 4.98 Å². The minimum absolute atomic E-state index is 0.111. The molecule has 0 saturated carbocycles. The summed E-state index contributed by atoms with van der Waals surface area (Å²) in [7, 11) is 0. The molecule has 2 aromatic rings. The number of hydrogen-bond donors (Lipinski definition) is 1. The Morgan fingerprint density at radius 2 is 2.21 bits per heavy atom. The highest BCUT2D eigenvalue weighted by Gasteiger charge is 2.03. The maximum atomic E-state index is 11.6. The van der Waals surface area contributed by atoms with E-state index in [9.17, 15) is 4.79 Å². The summed E-state index contributed by atoms with van der Waals surface area (Å²) in [5.41, 5.74) is 0.485. The summed E-state index contributed by atoms with van der Waals surface area (Å²) in [6.45, 7) is 0. The average molecular weight is 205 g/mol. The zero-order chi connectivity index (χ0) is 10.1. The van der Waals surface area contributed by atoms with Gasteiger partial charge in [-0.2, -0.15) is 5.26 Å². The predicted octanol–water partition coefficient (Wildman–Crippen LogP) is 2.05. The van der Waals surface area contributed by atoms with Gasteiger partial charge in [0.05, 0.1) is 5.52 Å². The van der Waals surface area contributed by atoms with Gasteiger partial charge in [0, 0.05) is 16.6 Å². The minimum atomic E-state index is -0.266. The Morgan fingerprint density at radius 1 is 1.43 bits per heavy atom. The number of nitrogens with one attached hydrogen (secondary N) is 1. The standard InChI is InChI=1S/C10H5ClN2O/c11-7-1-2-8-9(3-7)13-5-6(4-12)10(8)14/h1-3,5H,(H,13,14). The van der Waals surface area contributed by atoms with E-state index in [0.717, 1.165) is 0 Å². The first-order valence-corrected chi connectivity index (χ1v) is 4.31. The first-order chi connectivity index (χ1) is 6.72. The lowest BCUT2D eigenvalue weighted by molar-refractivity contribution is 1.34. The van der Waals surface area contributed by atoms with Crippen LogP contribution in [-0.4, -0.2) is 4.98 Å². The molecule has 0 spiro atoms. The molecule has 1 aromatic carbocycles. The molecular formula is C10H5ClN2O. The average Bonchev–Trinajstić information content (AvgIpc) is 2.18. The molecule has 0 radical (unpaired) electrons. The van der Waals surface area contributed by atoms with Crippen LogP contribution < -0.4 is 5.43 Å². The molecule has 0 unspecified atom stereocenters. The maximum Gasteiger partial charge on any atom is 0.207 e. The highest BCUT2D eigenvalue weighted by atomic mass is 35.5. The maximum absolute atomic E-state index is 11.6. The predicted molar refractivity (Wildman–Crippen MR) is 54.3 cm³/mol. The quantitative estimate of drug-likeness (QED) is 0.714. The number of nitrogens with zero attached hydrogens (tertiary/aromatic N) is 1. The van der Waals surface area contributed by atoms with Crippen LogP contribution in [0.1, 0.15) is 5.56 Å². The van der Waals surface area contributed by atoms with Crippen LogP contribution in [0, 0.1) is 11.3 Å². The van der Waals surface area contributed by atoms with Gasteiger partial charge in [-0.1, -0.05) is 11.6 Å². The van der Waals surface area contributed by atoms with Crippen LogP contribution in [0.25, 0.3) is 10.9 Å². The van der Waals surface area contributed by atoms with Gasteiger partial charge in [0.2, 0.25) is 5.43 Å². The van der Waals surface area contributed by atoms with Crippen molar-refractivity contribution in [1.29, 1.82) is 5.26 Å². The lowest BCUT2D eigenvalue weighted by Crippen LogP contribution is -2.06. The van der Waals surface area contributed by atoms with E-state index < -0.39 is 0 Å². The summed E-state index contributed by atoms with van der Waals surface area (Å²) in [6, 6.07) is 6.71. The lowest BCUT2D eigenvalue weighted by atomic mass is 10.1.